The number of alkyl halides is 3. The molecule has 2 atom stereocenters. The van der Waals surface area contributed by atoms with Gasteiger partial charge in [0.2, 0.25) is 5.91 Å². The third-order valence-electron chi connectivity index (χ3n) is 5.24. The van der Waals surface area contributed by atoms with Crippen LogP contribution in [0.4, 0.5) is 18.9 Å². The zero-order valence-corrected chi connectivity index (χ0v) is 14.7. The van der Waals surface area contributed by atoms with Gasteiger partial charge in [-0.15, -0.1) is 12.4 Å². The lowest BCUT2D eigenvalue weighted by Crippen LogP contribution is -2.37. The van der Waals surface area contributed by atoms with Crippen LogP contribution >= 0.6 is 12.4 Å². The molecule has 2 N–H and O–H groups in total. The first-order valence-corrected chi connectivity index (χ1v) is 8.14. The SMILES string of the molecule is Cl.O=C(CN1C[C@@H]2CCC[C@@]2(C(=O)O)C1)Nc1ccccc1C(F)(F)F. The fourth-order valence-corrected chi connectivity index (χ4v) is 4.10. The smallest absolute Gasteiger partial charge is 0.418 e. The van der Waals surface area contributed by atoms with Crippen LogP contribution in [0, 0.1) is 11.3 Å². The van der Waals surface area contributed by atoms with Gasteiger partial charge in [0.25, 0.3) is 0 Å². The molecule has 2 aliphatic rings. The minimum Gasteiger partial charge on any atom is -0.481 e. The number of halogens is 4. The third-order valence-corrected chi connectivity index (χ3v) is 5.24. The Morgan fingerprint density at radius 2 is 2.00 bits per heavy atom. The molecular formula is C17H20ClF3N2O3. The van der Waals surface area contributed by atoms with Crippen LogP contribution < -0.4 is 5.32 Å². The van der Waals surface area contributed by atoms with Crippen LogP contribution in [0.5, 0.6) is 0 Å². The average molecular weight is 393 g/mol. The van der Waals surface area contributed by atoms with Crippen LogP contribution in [-0.4, -0.2) is 41.5 Å². The number of hydrogen-bond acceptors (Lipinski definition) is 3. The van der Waals surface area contributed by atoms with E-state index in [1.54, 1.807) is 4.90 Å². The van der Waals surface area contributed by atoms with E-state index in [0.717, 1.165) is 18.9 Å². The van der Waals surface area contributed by atoms with Gasteiger partial charge < -0.3 is 10.4 Å². The Bertz CT molecular complexity index is 698. The Labute approximate surface area is 155 Å². The molecule has 0 spiro atoms. The fourth-order valence-electron chi connectivity index (χ4n) is 4.10. The summed E-state index contributed by atoms with van der Waals surface area (Å²) in [6, 6.07) is 4.80. The number of likely N-dealkylation sites (tertiary alicyclic amines) is 1. The van der Waals surface area contributed by atoms with Crippen molar-refractivity contribution < 1.29 is 27.9 Å². The van der Waals surface area contributed by atoms with E-state index < -0.39 is 29.0 Å². The number of hydrogen-bond donors (Lipinski definition) is 2. The lowest BCUT2D eigenvalue weighted by atomic mass is 9.81. The highest BCUT2D eigenvalue weighted by molar-refractivity contribution is 5.93. The predicted octanol–water partition coefficient (Wildman–Crippen LogP) is 3.25. The van der Waals surface area contributed by atoms with Gasteiger partial charge in [0.05, 0.1) is 23.2 Å². The summed E-state index contributed by atoms with van der Waals surface area (Å²) in [6.45, 7) is 0.639. The number of carboxylic acids is 1. The topological polar surface area (TPSA) is 69.6 Å². The molecule has 2 fully saturated rings. The van der Waals surface area contributed by atoms with Crippen molar-refractivity contribution in [3.63, 3.8) is 0 Å². The quantitative estimate of drug-likeness (QED) is 0.825. The highest BCUT2D eigenvalue weighted by Gasteiger charge is 2.54. The van der Waals surface area contributed by atoms with Crippen LogP contribution in [0.1, 0.15) is 24.8 Å². The third kappa shape index (κ3) is 3.81. The van der Waals surface area contributed by atoms with Crippen molar-refractivity contribution in [3.05, 3.63) is 29.8 Å². The van der Waals surface area contributed by atoms with E-state index in [1.165, 1.54) is 18.2 Å². The lowest BCUT2D eigenvalue weighted by Gasteiger charge is -2.23. The Morgan fingerprint density at radius 1 is 1.31 bits per heavy atom. The normalized spacial score (nSPS) is 25.4. The molecule has 1 aliphatic heterocycles. The summed E-state index contributed by atoms with van der Waals surface area (Å²) in [6.07, 6.45) is -2.30. The van der Waals surface area contributed by atoms with Gasteiger partial charge in [-0.2, -0.15) is 13.2 Å². The second-order valence-corrected chi connectivity index (χ2v) is 6.81. The van der Waals surface area contributed by atoms with E-state index in [0.29, 0.717) is 13.0 Å². The van der Waals surface area contributed by atoms with Gasteiger partial charge in [0.15, 0.2) is 0 Å². The zero-order chi connectivity index (χ0) is 18.2. The van der Waals surface area contributed by atoms with Gasteiger partial charge in [0, 0.05) is 13.1 Å². The number of aliphatic carboxylic acids is 1. The zero-order valence-electron chi connectivity index (χ0n) is 13.9. The molecule has 3 rings (SSSR count). The van der Waals surface area contributed by atoms with Crippen molar-refractivity contribution in [3.8, 4) is 0 Å². The molecule has 1 saturated heterocycles. The maximum Gasteiger partial charge on any atom is 0.418 e. The molecular weight excluding hydrogens is 373 g/mol. The van der Waals surface area contributed by atoms with E-state index in [-0.39, 0.29) is 37.1 Å². The highest BCUT2D eigenvalue weighted by Crippen LogP contribution is 2.48. The first-order chi connectivity index (χ1) is 11.7. The fraction of sp³-hybridized carbons (Fsp3) is 0.529. The molecule has 1 aromatic carbocycles. The molecule has 1 saturated carbocycles. The number of nitrogens with zero attached hydrogens (tertiary/aromatic N) is 1. The minimum atomic E-state index is -4.55. The molecule has 1 heterocycles. The number of rotatable bonds is 4. The molecule has 144 valence electrons. The summed E-state index contributed by atoms with van der Waals surface area (Å²) < 4.78 is 38.9. The summed E-state index contributed by atoms with van der Waals surface area (Å²) in [4.78, 5) is 25.5. The number of carbonyl (C=O) groups excluding carboxylic acids is 1. The second kappa shape index (κ2) is 7.44. The maximum absolute atomic E-state index is 13.0. The summed E-state index contributed by atoms with van der Waals surface area (Å²) in [7, 11) is 0. The highest BCUT2D eigenvalue weighted by atomic mass is 35.5. The van der Waals surface area contributed by atoms with Gasteiger partial charge in [0.1, 0.15) is 0 Å². The van der Waals surface area contributed by atoms with Gasteiger partial charge in [-0.25, -0.2) is 0 Å². The molecule has 0 unspecified atom stereocenters. The monoisotopic (exact) mass is 392 g/mol. The molecule has 1 amide bonds. The second-order valence-electron chi connectivity index (χ2n) is 6.81. The predicted molar refractivity (Wildman–Crippen MR) is 91.2 cm³/mol. The van der Waals surface area contributed by atoms with Crippen molar-refractivity contribution in [2.75, 3.05) is 25.0 Å². The van der Waals surface area contributed by atoms with E-state index >= 15 is 0 Å². The summed E-state index contributed by atoms with van der Waals surface area (Å²) in [5.74, 6) is -1.42. The standard InChI is InChI=1S/C17H19F3N2O3.ClH/c18-17(19,20)12-5-1-2-6-13(12)21-14(23)9-22-8-11-4-3-7-16(11,10-22)15(24)25;/h1-2,5-6,11H,3-4,7-10H2,(H,21,23)(H,24,25);1H/t11-,16+;/m0./s1. The van der Waals surface area contributed by atoms with Crippen molar-refractivity contribution in [2.24, 2.45) is 11.3 Å². The van der Waals surface area contributed by atoms with Crippen molar-refractivity contribution >= 4 is 30.0 Å². The molecule has 9 heteroatoms. The van der Waals surface area contributed by atoms with E-state index in [4.69, 9.17) is 0 Å². The number of anilines is 1. The summed E-state index contributed by atoms with van der Waals surface area (Å²) >= 11 is 0. The van der Waals surface area contributed by atoms with Gasteiger partial charge in [-0.05, 0) is 30.9 Å². The number of carboxylic acid groups (broad SMARTS) is 1. The molecule has 0 bridgehead atoms. The molecule has 0 radical (unpaired) electrons. The molecule has 1 aliphatic carbocycles. The molecule has 1 aromatic rings. The molecule has 0 aromatic heterocycles. The van der Waals surface area contributed by atoms with Gasteiger partial charge in [-0.1, -0.05) is 18.6 Å². The van der Waals surface area contributed by atoms with E-state index in [2.05, 4.69) is 5.32 Å². The van der Waals surface area contributed by atoms with Crippen LogP contribution in [0.15, 0.2) is 24.3 Å². The number of para-hydroxylation sites is 1. The van der Waals surface area contributed by atoms with Crippen molar-refractivity contribution in [1.82, 2.24) is 4.90 Å². The summed E-state index contributed by atoms with van der Waals surface area (Å²) in [5.41, 5.74) is -2.00. The average Bonchev–Trinajstić information content (AvgIpc) is 3.04. The number of nitrogens with one attached hydrogen (secondary N) is 1. The first kappa shape index (κ1) is 20.5. The van der Waals surface area contributed by atoms with E-state index in [9.17, 15) is 27.9 Å². The minimum absolute atomic E-state index is 0. The summed E-state index contributed by atoms with van der Waals surface area (Å²) in [5, 5.41) is 11.8. The Balaban J connectivity index is 0.00000243. The first-order valence-electron chi connectivity index (χ1n) is 8.14. The Hall–Kier alpha value is -1.80. The Morgan fingerprint density at radius 3 is 2.62 bits per heavy atom. The van der Waals surface area contributed by atoms with Crippen LogP contribution in [0.2, 0.25) is 0 Å². The lowest BCUT2D eigenvalue weighted by molar-refractivity contribution is -0.149. The Kier molecular flexibility index (Phi) is 5.87. The van der Waals surface area contributed by atoms with Crippen molar-refractivity contribution in [2.45, 2.75) is 25.4 Å². The number of benzene rings is 1. The van der Waals surface area contributed by atoms with Crippen LogP contribution in [0.25, 0.3) is 0 Å². The molecule has 26 heavy (non-hydrogen) atoms. The van der Waals surface area contributed by atoms with Crippen LogP contribution in [0.3, 0.4) is 0 Å². The van der Waals surface area contributed by atoms with Gasteiger partial charge in [-0.3, -0.25) is 14.5 Å². The van der Waals surface area contributed by atoms with E-state index in [1.807, 2.05) is 0 Å². The number of carbonyl (C=O) groups is 2. The maximum atomic E-state index is 13.0. The molecule has 5 nitrogen and oxygen atoms in total. The van der Waals surface area contributed by atoms with Crippen LogP contribution in [-0.2, 0) is 15.8 Å². The largest absolute Gasteiger partial charge is 0.481 e. The number of fused-ring (bicyclic) bond motifs is 1. The van der Waals surface area contributed by atoms with Gasteiger partial charge >= 0.3 is 12.1 Å². The number of amides is 1. The van der Waals surface area contributed by atoms with Crippen molar-refractivity contribution in [1.29, 1.82) is 0 Å².